The molecule has 0 aliphatic heterocycles. The van der Waals surface area contributed by atoms with Crippen LogP contribution in [0.1, 0.15) is 0 Å². The maximum absolute atomic E-state index is 6.48. The molecular weight excluding hydrogens is 574 g/mol. The van der Waals surface area contributed by atoms with Gasteiger partial charge in [-0.15, -0.1) is 0 Å². The summed E-state index contributed by atoms with van der Waals surface area (Å²) in [5.74, 6) is 1.87. The Morgan fingerprint density at radius 2 is 0.915 bits per heavy atom. The highest BCUT2D eigenvalue weighted by Gasteiger charge is 2.18. The van der Waals surface area contributed by atoms with Gasteiger partial charge in [-0.05, 0) is 57.3 Å². The summed E-state index contributed by atoms with van der Waals surface area (Å²) in [5.41, 5.74) is 9.04. The minimum absolute atomic E-state index is 0.607. The third-order valence-electron chi connectivity index (χ3n) is 8.74. The molecule has 0 aliphatic rings. The topological polar surface area (TPSA) is 51.8 Å². The molecule has 2 heterocycles. The van der Waals surface area contributed by atoms with Gasteiger partial charge < -0.3 is 4.42 Å². The van der Waals surface area contributed by atoms with Crippen molar-refractivity contribution < 1.29 is 4.42 Å². The maximum Gasteiger partial charge on any atom is 0.164 e. The lowest BCUT2D eigenvalue weighted by molar-refractivity contribution is 0.669. The second kappa shape index (κ2) is 11.2. The molecule has 7 aromatic carbocycles. The van der Waals surface area contributed by atoms with E-state index in [2.05, 4.69) is 115 Å². The van der Waals surface area contributed by atoms with Crippen molar-refractivity contribution in [1.82, 2.24) is 15.0 Å². The van der Waals surface area contributed by atoms with E-state index in [0.717, 1.165) is 55.1 Å². The fraction of sp³-hybridized carbons (Fsp3) is 0. The second-order valence-corrected chi connectivity index (χ2v) is 11.7. The largest absolute Gasteiger partial charge is 0.456 e. The predicted molar refractivity (Wildman–Crippen MR) is 192 cm³/mol. The number of nitrogens with zero attached hydrogens (tertiary/aromatic N) is 3. The van der Waals surface area contributed by atoms with Crippen molar-refractivity contribution in [2.24, 2.45) is 0 Å². The molecule has 4 heteroatoms. The van der Waals surface area contributed by atoms with Crippen LogP contribution in [0.3, 0.4) is 0 Å². The summed E-state index contributed by atoms with van der Waals surface area (Å²) in [6.45, 7) is 0. The zero-order valence-electron chi connectivity index (χ0n) is 25.3. The first-order valence-corrected chi connectivity index (χ1v) is 15.7. The fourth-order valence-electron chi connectivity index (χ4n) is 6.35. The van der Waals surface area contributed by atoms with Crippen molar-refractivity contribution in [2.45, 2.75) is 0 Å². The Labute approximate surface area is 271 Å². The molecule has 0 amide bonds. The minimum atomic E-state index is 0.607. The van der Waals surface area contributed by atoms with Crippen molar-refractivity contribution in [3.63, 3.8) is 0 Å². The van der Waals surface area contributed by atoms with Gasteiger partial charge >= 0.3 is 0 Å². The Balaban J connectivity index is 1.17. The molecule has 0 saturated carbocycles. The first-order valence-electron chi connectivity index (χ1n) is 15.7. The molecule has 0 atom stereocenters. The second-order valence-electron chi connectivity index (χ2n) is 11.7. The molecule has 0 saturated heterocycles. The van der Waals surface area contributed by atoms with Crippen LogP contribution in [-0.2, 0) is 0 Å². The van der Waals surface area contributed by atoms with Crippen LogP contribution in [0.15, 0.2) is 168 Å². The van der Waals surface area contributed by atoms with Gasteiger partial charge in [0.25, 0.3) is 0 Å². The summed E-state index contributed by atoms with van der Waals surface area (Å²) < 4.78 is 6.48. The number of fused-ring (bicyclic) bond motifs is 4. The van der Waals surface area contributed by atoms with Crippen LogP contribution in [0.4, 0.5) is 0 Å². The zero-order valence-corrected chi connectivity index (χ0v) is 25.3. The average Bonchev–Trinajstić information content (AvgIpc) is 3.53. The maximum atomic E-state index is 6.48. The van der Waals surface area contributed by atoms with E-state index in [-0.39, 0.29) is 0 Å². The van der Waals surface area contributed by atoms with Gasteiger partial charge in [-0.1, -0.05) is 140 Å². The Bertz CT molecular complexity index is 2550. The van der Waals surface area contributed by atoms with Gasteiger partial charge in [-0.3, -0.25) is 0 Å². The predicted octanol–water partition coefficient (Wildman–Crippen LogP) is 11.3. The van der Waals surface area contributed by atoms with Gasteiger partial charge in [0.05, 0.1) is 0 Å². The Morgan fingerprint density at radius 3 is 1.68 bits per heavy atom. The molecule has 0 aliphatic carbocycles. The molecule has 0 fully saturated rings. The quantitative estimate of drug-likeness (QED) is 0.197. The highest BCUT2D eigenvalue weighted by atomic mass is 16.3. The van der Waals surface area contributed by atoms with Gasteiger partial charge in [0.1, 0.15) is 11.2 Å². The molecule has 2 aromatic heterocycles. The highest BCUT2D eigenvalue weighted by Crippen LogP contribution is 2.38. The lowest BCUT2D eigenvalue weighted by Crippen LogP contribution is -2.00. The first-order chi connectivity index (χ1) is 23.3. The summed E-state index contributed by atoms with van der Waals surface area (Å²) in [4.78, 5) is 15.1. The number of hydrogen-bond donors (Lipinski definition) is 0. The molecule has 47 heavy (non-hydrogen) atoms. The summed E-state index contributed by atoms with van der Waals surface area (Å²) in [5, 5.41) is 4.33. The highest BCUT2D eigenvalue weighted by molar-refractivity contribution is 6.12. The van der Waals surface area contributed by atoms with E-state index in [1.54, 1.807) is 0 Å². The summed E-state index contributed by atoms with van der Waals surface area (Å²) in [6, 6.07) is 56.4. The van der Waals surface area contributed by atoms with Crippen LogP contribution in [-0.4, -0.2) is 15.0 Å². The molecule has 9 aromatic rings. The fourth-order valence-corrected chi connectivity index (χ4v) is 6.35. The lowest BCUT2D eigenvalue weighted by atomic mass is 9.99. The Morgan fingerprint density at radius 1 is 0.340 bits per heavy atom. The van der Waals surface area contributed by atoms with Gasteiger partial charge in [0, 0.05) is 27.5 Å². The van der Waals surface area contributed by atoms with Crippen LogP contribution >= 0.6 is 0 Å². The number of aromatic nitrogens is 3. The third-order valence-corrected chi connectivity index (χ3v) is 8.74. The Hall–Kier alpha value is -6.39. The van der Waals surface area contributed by atoms with E-state index in [9.17, 15) is 0 Å². The van der Waals surface area contributed by atoms with Crippen molar-refractivity contribution in [1.29, 1.82) is 0 Å². The van der Waals surface area contributed by atoms with E-state index in [1.807, 2.05) is 48.5 Å². The summed E-state index contributed by atoms with van der Waals surface area (Å²) >= 11 is 0. The van der Waals surface area contributed by atoms with Crippen molar-refractivity contribution in [3.8, 4) is 56.4 Å². The SMILES string of the molecule is c1ccc(-c2ccc(-c3ccc4c(c3)oc3cccc(-c5nc(-c6ccccc6)nc(-c6ccc7ccccc7c6)n5)c34)cc2)cc1. The van der Waals surface area contributed by atoms with Crippen LogP contribution in [0.25, 0.3) is 89.1 Å². The molecule has 0 radical (unpaired) electrons. The molecule has 4 nitrogen and oxygen atoms in total. The van der Waals surface area contributed by atoms with Gasteiger partial charge in [-0.25, -0.2) is 15.0 Å². The normalized spacial score (nSPS) is 11.4. The zero-order chi connectivity index (χ0) is 31.2. The minimum Gasteiger partial charge on any atom is -0.456 e. The van der Waals surface area contributed by atoms with E-state index in [1.165, 1.54) is 16.5 Å². The summed E-state index contributed by atoms with van der Waals surface area (Å²) in [7, 11) is 0. The van der Waals surface area contributed by atoms with Crippen molar-refractivity contribution >= 4 is 32.7 Å². The lowest BCUT2D eigenvalue weighted by Gasteiger charge is -2.10. The van der Waals surface area contributed by atoms with Gasteiger partial charge in [0.2, 0.25) is 0 Å². The molecule has 0 spiro atoms. The van der Waals surface area contributed by atoms with Crippen molar-refractivity contribution in [2.75, 3.05) is 0 Å². The molecule has 0 unspecified atom stereocenters. The van der Waals surface area contributed by atoms with E-state index >= 15 is 0 Å². The number of benzene rings is 7. The van der Waals surface area contributed by atoms with Crippen LogP contribution in [0.2, 0.25) is 0 Å². The first kappa shape index (κ1) is 27.0. The summed E-state index contributed by atoms with van der Waals surface area (Å²) in [6.07, 6.45) is 0. The van der Waals surface area contributed by atoms with Gasteiger partial charge in [-0.2, -0.15) is 0 Å². The van der Waals surface area contributed by atoms with Gasteiger partial charge in [0.15, 0.2) is 17.5 Å². The monoisotopic (exact) mass is 601 g/mol. The van der Waals surface area contributed by atoms with E-state index in [4.69, 9.17) is 19.4 Å². The van der Waals surface area contributed by atoms with Crippen LogP contribution in [0, 0.1) is 0 Å². The molecule has 220 valence electrons. The standard InChI is InChI=1S/C43H27N3O/c1-3-10-28(11-4-1)30-18-20-31(21-19-30)34-24-25-36-39(27-34)47-38-17-9-16-37(40(36)38)43-45-41(32-13-5-2-6-14-32)44-42(46-43)35-23-22-29-12-7-8-15-33(29)26-35/h1-27H. The van der Waals surface area contributed by atoms with Crippen LogP contribution in [0.5, 0.6) is 0 Å². The smallest absolute Gasteiger partial charge is 0.164 e. The number of rotatable bonds is 5. The van der Waals surface area contributed by atoms with Crippen molar-refractivity contribution in [3.05, 3.63) is 164 Å². The average molecular weight is 602 g/mol. The molecule has 9 rings (SSSR count). The van der Waals surface area contributed by atoms with Crippen LogP contribution < -0.4 is 0 Å². The number of furan rings is 1. The Kier molecular flexibility index (Phi) is 6.43. The van der Waals surface area contributed by atoms with E-state index in [0.29, 0.717) is 17.5 Å². The molecular formula is C43H27N3O. The molecule has 0 N–H and O–H groups in total. The third kappa shape index (κ3) is 4.93. The van der Waals surface area contributed by atoms with E-state index < -0.39 is 0 Å². The molecule has 0 bridgehead atoms. The number of hydrogen-bond acceptors (Lipinski definition) is 4.